The number of hydrogen-bond acceptors (Lipinski definition) is 6. The number of nitrogens with one attached hydrogen (secondary N) is 1. The van der Waals surface area contributed by atoms with Crippen molar-refractivity contribution >= 4 is 51.7 Å². The van der Waals surface area contributed by atoms with Crippen molar-refractivity contribution in [3.63, 3.8) is 0 Å². The Morgan fingerprint density at radius 2 is 1.91 bits per heavy atom. The van der Waals surface area contributed by atoms with Gasteiger partial charge in [0.15, 0.2) is 5.11 Å². The molecule has 2 amide bonds. The van der Waals surface area contributed by atoms with Gasteiger partial charge in [-0.25, -0.2) is 0 Å². The maximum atomic E-state index is 13.0. The lowest BCUT2D eigenvalue weighted by molar-refractivity contribution is -0.384. The fraction of sp³-hybridized carbons (Fsp3) is 0.0800. The molecule has 0 spiro atoms. The summed E-state index contributed by atoms with van der Waals surface area (Å²) in [7, 11) is 0. The fourth-order valence-corrected chi connectivity index (χ4v) is 3.85. The molecular weight excluding hydrogens is 454 g/mol. The average molecular weight is 474 g/mol. The highest BCUT2D eigenvalue weighted by molar-refractivity contribution is 7.80. The molecule has 0 bridgehead atoms. The molecule has 34 heavy (non-hydrogen) atoms. The quantitative estimate of drug-likeness (QED) is 0.138. The first-order chi connectivity index (χ1) is 16.4. The van der Waals surface area contributed by atoms with Crippen LogP contribution in [0.5, 0.6) is 5.75 Å². The smallest absolute Gasteiger partial charge is 0.269 e. The predicted octanol–water partition coefficient (Wildman–Crippen LogP) is 4.14. The van der Waals surface area contributed by atoms with Gasteiger partial charge in [-0.2, -0.15) is 0 Å². The van der Waals surface area contributed by atoms with Crippen molar-refractivity contribution in [2.24, 2.45) is 0 Å². The van der Waals surface area contributed by atoms with E-state index in [1.165, 1.54) is 29.2 Å². The summed E-state index contributed by atoms with van der Waals surface area (Å²) in [6, 6.07) is 17.2. The van der Waals surface area contributed by atoms with Crippen LogP contribution in [0.15, 0.2) is 78.9 Å². The number of non-ortho nitro benzene ring substituents is 1. The van der Waals surface area contributed by atoms with Gasteiger partial charge in [0.05, 0.1) is 4.92 Å². The summed E-state index contributed by atoms with van der Waals surface area (Å²) in [5.41, 5.74) is 1.01. The summed E-state index contributed by atoms with van der Waals surface area (Å²) in [5, 5.41) is 15.3. The maximum Gasteiger partial charge on any atom is 0.269 e. The third kappa shape index (κ3) is 4.55. The first kappa shape index (κ1) is 22.8. The topological polar surface area (TPSA) is 102 Å². The first-order valence-electron chi connectivity index (χ1n) is 10.3. The van der Waals surface area contributed by atoms with Gasteiger partial charge in [0.25, 0.3) is 17.5 Å². The van der Waals surface area contributed by atoms with Crippen molar-refractivity contribution in [1.82, 2.24) is 10.2 Å². The van der Waals surface area contributed by atoms with Crippen LogP contribution >= 0.6 is 12.2 Å². The molecule has 3 aromatic carbocycles. The SMILES string of the molecule is C=CCN1C(=O)/C(=C/c2c(OCc3cccc([N+](=O)[O-])c3)ccc3ccccc23)C(=O)NC1=S. The molecule has 8 nitrogen and oxygen atoms in total. The number of amides is 2. The number of nitro groups is 1. The summed E-state index contributed by atoms with van der Waals surface area (Å²) in [5.74, 6) is -0.721. The van der Waals surface area contributed by atoms with Crippen LogP contribution in [0.3, 0.4) is 0 Å². The third-order valence-electron chi connectivity index (χ3n) is 5.23. The summed E-state index contributed by atoms with van der Waals surface area (Å²) in [6.45, 7) is 3.84. The number of rotatable bonds is 7. The Morgan fingerprint density at radius 1 is 1.12 bits per heavy atom. The second-order valence-corrected chi connectivity index (χ2v) is 7.82. The van der Waals surface area contributed by atoms with Gasteiger partial charge in [0.1, 0.15) is 17.9 Å². The van der Waals surface area contributed by atoms with Crippen LogP contribution in [0.1, 0.15) is 11.1 Å². The van der Waals surface area contributed by atoms with E-state index in [1.807, 2.05) is 30.3 Å². The lowest BCUT2D eigenvalue weighted by atomic mass is 10.00. The predicted molar refractivity (Wildman–Crippen MR) is 132 cm³/mol. The first-order valence-corrected chi connectivity index (χ1v) is 10.7. The highest BCUT2D eigenvalue weighted by Gasteiger charge is 2.33. The lowest BCUT2D eigenvalue weighted by Crippen LogP contribution is -2.53. The van der Waals surface area contributed by atoms with Crippen LogP contribution < -0.4 is 10.1 Å². The van der Waals surface area contributed by atoms with Gasteiger partial charge >= 0.3 is 0 Å². The van der Waals surface area contributed by atoms with Crippen LogP contribution in [0.2, 0.25) is 0 Å². The number of hydrogen-bond donors (Lipinski definition) is 1. The molecule has 1 aliphatic rings. The highest BCUT2D eigenvalue weighted by atomic mass is 32.1. The Kier molecular flexibility index (Phi) is 6.46. The van der Waals surface area contributed by atoms with Gasteiger partial charge in [-0.3, -0.25) is 29.9 Å². The summed E-state index contributed by atoms with van der Waals surface area (Å²) < 4.78 is 6.01. The van der Waals surface area contributed by atoms with Gasteiger partial charge in [0.2, 0.25) is 0 Å². The maximum absolute atomic E-state index is 13.0. The molecule has 0 aliphatic carbocycles. The molecule has 170 valence electrons. The van der Waals surface area contributed by atoms with Gasteiger partial charge in [-0.15, -0.1) is 6.58 Å². The molecule has 0 atom stereocenters. The Hall–Kier alpha value is -4.37. The van der Waals surface area contributed by atoms with Crippen molar-refractivity contribution in [3.05, 3.63) is 100 Å². The lowest BCUT2D eigenvalue weighted by Gasteiger charge is -2.28. The minimum absolute atomic E-state index is 0.0205. The Balaban J connectivity index is 1.76. The standard InChI is InChI=1S/C25H19N3O5S/c1-2-12-27-24(30)21(23(29)26-25(27)34)14-20-19-9-4-3-7-17(19)10-11-22(20)33-15-16-6-5-8-18(13-16)28(31)32/h2-11,13-14H,1,12,15H2,(H,26,29,34)/b21-14+. The van der Waals surface area contributed by atoms with Crippen LogP contribution in [-0.2, 0) is 16.2 Å². The number of benzene rings is 3. The minimum Gasteiger partial charge on any atom is -0.488 e. The van der Waals surface area contributed by atoms with Gasteiger partial charge in [0, 0.05) is 24.2 Å². The average Bonchev–Trinajstić information content (AvgIpc) is 2.83. The van der Waals surface area contributed by atoms with Crippen molar-refractivity contribution < 1.29 is 19.2 Å². The van der Waals surface area contributed by atoms with Crippen LogP contribution in [0, 0.1) is 10.1 Å². The van der Waals surface area contributed by atoms with Crippen molar-refractivity contribution in [2.75, 3.05) is 6.54 Å². The fourth-order valence-electron chi connectivity index (χ4n) is 3.60. The van der Waals surface area contributed by atoms with E-state index in [2.05, 4.69) is 11.9 Å². The summed E-state index contributed by atoms with van der Waals surface area (Å²) in [4.78, 5) is 37.5. The Bertz CT molecular complexity index is 1380. The molecular formula is C25H19N3O5S. The molecule has 1 saturated heterocycles. The van der Waals surface area contributed by atoms with E-state index in [9.17, 15) is 19.7 Å². The molecule has 9 heteroatoms. The molecule has 1 N–H and O–H groups in total. The molecule has 0 unspecified atom stereocenters. The minimum atomic E-state index is -0.604. The van der Waals surface area contributed by atoms with E-state index in [0.29, 0.717) is 16.9 Å². The highest BCUT2D eigenvalue weighted by Crippen LogP contribution is 2.32. The van der Waals surface area contributed by atoms with E-state index in [1.54, 1.807) is 18.2 Å². The number of carbonyl (C=O) groups excluding carboxylic acids is 2. The Morgan fingerprint density at radius 3 is 2.68 bits per heavy atom. The van der Waals surface area contributed by atoms with E-state index in [-0.39, 0.29) is 29.5 Å². The third-order valence-corrected chi connectivity index (χ3v) is 5.56. The number of carbonyl (C=O) groups is 2. The molecule has 3 aromatic rings. The number of ether oxygens (including phenoxy) is 1. The van der Waals surface area contributed by atoms with Gasteiger partial charge in [-0.05, 0) is 40.7 Å². The normalized spacial score (nSPS) is 14.9. The molecule has 4 rings (SSSR count). The number of thiocarbonyl (C=S) groups is 1. The summed E-state index contributed by atoms with van der Waals surface area (Å²) in [6.07, 6.45) is 3.01. The molecule has 0 saturated carbocycles. The van der Waals surface area contributed by atoms with Crippen LogP contribution in [0.25, 0.3) is 16.8 Å². The molecule has 1 heterocycles. The van der Waals surface area contributed by atoms with Crippen molar-refractivity contribution in [1.29, 1.82) is 0 Å². The Labute approximate surface area is 200 Å². The zero-order chi connectivity index (χ0) is 24.2. The summed E-state index contributed by atoms with van der Waals surface area (Å²) >= 11 is 5.12. The number of fused-ring (bicyclic) bond motifs is 1. The van der Waals surface area contributed by atoms with E-state index in [0.717, 1.165) is 10.8 Å². The van der Waals surface area contributed by atoms with Gasteiger partial charge < -0.3 is 4.74 Å². The monoisotopic (exact) mass is 473 g/mol. The zero-order valence-electron chi connectivity index (χ0n) is 17.9. The van der Waals surface area contributed by atoms with E-state index >= 15 is 0 Å². The second-order valence-electron chi connectivity index (χ2n) is 7.44. The van der Waals surface area contributed by atoms with Crippen molar-refractivity contribution in [3.8, 4) is 5.75 Å². The largest absolute Gasteiger partial charge is 0.488 e. The molecule has 1 fully saturated rings. The number of nitro benzene ring substituents is 1. The molecule has 0 radical (unpaired) electrons. The van der Waals surface area contributed by atoms with Crippen LogP contribution in [0.4, 0.5) is 5.69 Å². The second kappa shape index (κ2) is 9.63. The zero-order valence-corrected chi connectivity index (χ0v) is 18.7. The van der Waals surface area contributed by atoms with E-state index in [4.69, 9.17) is 17.0 Å². The van der Waals surface area contributed by atoms with E-state index < -0.39 is 16.7 Å². The van der Waals surface area contributed by atoms with Gasteiger partial charge in [-0.1, -0.05) is 48.5 Å². The molecule has 0 aromatic heterocycles. The number of nitrogens with zero attached hydrogens (tertiary/aromatic N) is 2. The molecule has 1 aliphatic heterocycles. The van der Waals surface area contributed by atoms with Crippen LogP contribution in [-0.4, -0.2) is 33.3 Å². The van der Waals surface area contributed by atoms with Crippen molar-refractivity contribution in [2.45, 2.75) is 6.61 Å².